The summed E-state index contributed by atoms with van der Waals surface area (Å²) in [7, 11) is -3.31. The van der Waals surface area contributed by atoms with Crippen LogP contribution in [0, 0.1) is 0 Å². The maximum Gasteiger partial charge on any atom is 0.317 e. The molecule has 0 spiro atoms. The van der Waals surface area contributed by atoms with E-state index in [4.69, 9.17) is 5.11 Å². The molecule has 3 heterocycles. The molecular weight excluding hydrogens is 358 g/mol. The van der Waals surface area contributed by atoms with Crippen LogP contribution in [-0.4, -0.2) is 83.4 Å². The minimum atomic E-state index is -3.31. The second kappa shape index (κ2) is 6.10. The van der Waals surface area contributed by atoms with Crippen molar-refractivity contribution in [2.45, 2.75) is 12.1 Å². The van der Waals surface area contributed by atoms with E-state index in [1.807, 2.05) is 12.1 Å². The van der Waals surface area contributed by atoms with Crippen molar-refractivity contribution < 1.29 is 23.1 Å². The number of aliphatic carboxylic acids is 1. The first-order valence-corrected chi connectivity index (χ1v) is 10.2. The van der Waals surface area contributed by atoms with Gasteiger partial charge in [0, 0.05) is 36.4 Å². The van der Waals surface area contributed by atoms with E-state index in [0.29, 0.717) is 18.7 Å². The number of sulfone groups is 1. The predicted octanol–water partition coefficient (Wildman–Crippen LogP) is 0.176. The number of amides is 1. The molecule has 9 heteroatoms. The maximum atomic E-state index is 13.0. The molecule has 2 fully saturated rings. The highest BCUT2D eigenvalue weighted by Gasteiger charge is 2.48. The number of hydrogen-bond acceptors (Lipinski definition) is 5. The molecule has 26 heavy (non-hydrogen) atoms. The van der Waals surface area contributed by atoms with Crippen molar-refractivity contribution in [2.24, 2.45) is 0 Å². The van der Waals surface area contributed by atoms with Crippen LogP contribution in [0.4, 0.5) is 0 Å². The Morgan fingerprint density at radius 2 is 1.92 bits per heavy atom. The lowest BCUT2D eigenvalue weighted by atomic mass is 10.0. The van der Waals surface area contributed by atoms with E-state index in [1.54, 1.807) is 28.1 Å². The van der Waals surface area contributed by atoms with Gasteiger partial charge >= 0.3 is 5.97 Å². The van der Waals surface area contributed by atoms with Gasteiger partial charge in [-0.05, 0) is 23.6 Å². The number of carboxylic acids is 1. The number of carbonyl (C=O) groups excluding carboxylic acids is 1. The Morgan fingerprint density at radius 3 is 2.69 bits per heavy atom. The summed E-state index contributed by atoms with van der Waals surface area (Å²) in [5, 5.41) is 10.1. The van der Waals surface area contributed by atoms with Gasteiger partial charge in [-0.2, -0.15) is 0 Å². The van der Waals surface area contributed by atoms with E-state index in [-0.39, 0.29) is 24.0 Å². The lowest BCUT2D eigenvalue weighted by Gasteiger charge is -2.43. The molecule has 2 atom stereocenters. The molecule has 0 aliphatic carbocycles. The van der Waals surface area contributed by atoms with E-state index in [9.17, 15) is 18.0 Å². The van der Waals surface area contributed by atoms with Crippen molar-refractivity contribution >= 4 is 32.6 Å². The van der Waals surface area contributed by atoms with Crippen LogP contribution in [0.3, 0.4) is 0 Å². The summed E-state index contributed by atoms with van der Waals surface area (Å²) in [5.41, 5.74) is 1.34. The smallest absolute Gasteiger partial charge is 0.317 e. The van der Waals surface area contributed by atoms with Crippen LogP contribution in [0.5, 0.6) is 0 Å². The summed E-state index contributed by atoms with van der Waals surface area (Å²) in [6, 6.07) is 6.28. The number of carboxylic acid groups (broad SMARTS) is 1. The van der Waals surface area contributed by atoms with Crippen LogP contribution < -0.4 is 0 Å². The molecule has 2 N–H and O–H groups in total. The topological polar surface area (TPSA) is 111 Å². The number of aromatic amines is 1. The number of hydrogen-bond donors (Lipinski definition) is 2. The van der Waals surface area contributed by atoms with Gasteiger partial charge in [0.25, 0.3) is 5.91 Å². The Kier molecular flexibility index (Phi) is 4.00. The van der Waals surface area contributed by atoms with Crippen LogP contribution >= 0.6 is 0 Å². The fourth-order valence-corrected chi connectivity index (χ4v) is 6.01. The zero-order valence-corrected chi connectivity index (χ0v) is 14.8. The molecule has 2 unspecified atom stereocenters. The van der Waals surface area contributed by atoms with E-state index < -0.39 is 27.9 Å². The molecule has 1 aromatic carbocycles. The number of carbonyl (C=O) groups is 2. The summed E-state index contributed by atoms with van der Waals surface area (Å²) < 4.78 is 24.3. The summed E-state index contributed by atoms with van der Waals surface area (Å²) in [5.74, 6) is -1.44. The molecule has 2 aliphatic heterocycles. The van der Waals surface area contributed by atoms with Gasteiger partial charge in [0.2, 0.25) is 0 Å². The van der Waals surface area contributed by atoms with Gasteiger partial charge in [0.05, 0.1) is 24.1 Å². The van der Waals surface area contributed by atoms with E-state index in [1.165, 1.54) is 0 Å². The lowest BCUT2D eigenvalue weighted by molar-refractivity contribution is -0.139. The number of piperazine rings is 1. The van der Waals surface area contributed by atoms with Crippen LogP contribution in [0.1, 0.15) is 10.4 Å². The largest absolute Gasteiger partial charge is 0.480 e. The van der Waals surface area contributed by atoms with Gasteiger partial charge in [0.15, 0.2) is 9.84 Å². The van der Waals surface area contributed by atoms with Crippen LogP contribution in [0.2, 0.25) is 0 Å². The summed E-state index contributed by atoms with van der Waals surface area (Å²) in [4.78, 5) is 30.4. The van der Waals surface area contributed by atoms with Crippen molar-refractivity contribution in [3.8, 4) is 0 Å². The number of rotatable bonds is 3. The molecule has 1 amide bonds. The third-order valence-corrected chi connectivity index (χ3v) is 6.89. The van der Waals surface area contributed by atoms with E-state index in [2.05, 4.69) is 4.98 Å². The second-order valence-corrected chi connectivity index (χ2v) is 9.01. The zero-order valence-electron chi connectivity index (χ0n) is 14.0. The van der Waals surface area contributed by atoms with Crippen molar-refractivity contribution in [2.75, 3.05) is 31.1 Å². The molecule has 2 aliphatic rings. The molecule has 1 aromatic heterocycles. The maximum absolute atomic E-state index is 13.0. The van der Waals surface area contributed by atoms with Crippen molar-refractivity contribution in [1.29, 1.82) is 0 Å². The number of fused-ring (bicyclic) bond motifs is 2. The third kappa shape index (κ3) is 2.97. The molecule has 2 saturated heterocycles. The fourth-order valence-electron chi connectivity index (χ4n) is 3.99. The Hall–Kier alpha value is -2.39. The van der Waals surface area contributed by atoms with E-state index in [0.717, 1.165) is 10.9 Å². The van der Waals surface area contributed by atoms with Gasteiger partial charge < -0.3 is 15.0 Å². The summed E-state index contributed by atoms with van der Waals surface area (Å²) in [6.07, 6.45) is 1.79. The predicted molar refractivity (Wildman–Crippen MR) is 94.8 cm³/mol. The van der Waals surface area contributed by atoms with Crippen LogP contribution in [0.15, 0.2) is 30.5 Å². The van der Waals surface area contributed by atoms with Crippen molar-refractivity contribution in [3.63, 3.8) is 0 Å². The summed E-state index contributed by atoms with van der Waals surface area (Å²) >= 11 is 0. The second-order valence-electron chi connectivity index (χ2n) is 6.85. The molecule has 4 rings (SSSR count). The Morgan fingerprint density at radius 1 is 1.15 bits per heavy atom. The number of aromatic nitrogens is 1. The SMILES string of the molecule is O=C(O)CN1CCN(C(=O)c2ccc3cc[nH]c3c2)C2CS(=O)(=O)CC21. The lowest BCUT2D eigenvalue weighted by Crippen LogP contribution is -2.61. The zero-order chi connectivity index (χ0) is 18.5. The fraction of sp³-hybridized carbons (Fsp3) is 0.412. The monoisotopic (exact) mass is 377 g/mol. The van der Waals surface area contributed by atoms with Crippen molar-refractivity contribution in [3.05, 3.63) is 36.0 Å². The molecule has 8 nitrogen and oxygen atoms in total. The highest BCUT2D eigenvalue weighted by molar-refractivity contribution is 7.91. The average molecular weight is 377 g/mol. The first kappa shape index (κ1) is 17.0. The average Bonchev–Trinajstić information content (AvgIpc) is 3.16. The number of nitrogens with zero attached hydrogens (tertiary/aromatic N) is 2. The molecule has 138 valence electrons. The normalized spacial score (nSPS) is 25.3. The highest BCUT2D eigenvalue weighted by atomic mass is 32.2. The van der Waals surface area contributed by atoms with Gasteiger partial charge in [-0.25, -0.2) is 8.42 Å². The molecular formula is C17H19N3O5S. The number of H-pyrrole nitrogens is 1. The Balaban J connectivity index is 1.63. The van der Waals surface area contributed by atoms with Gasteiger partial charge in [-0.3, -0.25) is 14.5 Å². The molecule has 0 bridgehead atoms. The first-order chi connectivity index (χ1) is 12.3. The van der Waals surface area contributed by atoms with Crippen molar-refractivity contribution in [1.82, 2.24) is 14.8 Å². The number of nitrogens with one attached hydrogen (secondary N) is 1. The van der Waals surface area contributed by atoms with Gasteiger partial charge in [-0.1, -0.05) is 6.07 Å². The summed E-state index contributed by atoms with van der Waals surface area (Å²) in [6.45, 7) is 0.443. The molecule has 0 saturated carbocycles. The first-order valence-electron chi connectivity index (χ1n) is 8.38. The Bertz CT molecular complexity index is 983. The molecule has 0 radical (unpaired) electrons. The van der Waals surface area contributed by atoms with Gasteiger partial charge in [-0.15, -0.1) is 0 Å². The molecule has 2 aromatic rings. The third-order valence-electron chi connectivity index (χ3n) is 5.19. The quantitative estimate of drug-likeness (QED) is 0.789. The van der Waals surface area contributed by atoms with Crippen LogP contribution in [0.25, 0.3) is 10.9 Å². The standard InChI is InChI=1S/C17H19N3O5S/c21-16(22)8-19-5-6-20(15-10-26(24,25)9-14(15)19)17(23)12-2-1-11-3-4-18-13(11)7-12/h1-4,7,14-15,18H,5-6,8-10H2,(H,21,22). The van der Waals surface area contributed by atoms with E-state index >= 15 is 0 Å². The Labute approximate surface area is 150 Å². The van der Waals surface area contributed by atoms with Gasteiger partial charge in [0.1, 0.15) is 0 Å². The highest BCUT2D eigenvalue weighted by Crippen LogP contribution is 2.28. The minimum Gasteiger partial charge on any atom is -0.480 e. The minimum absolute atomic E-state index is 0.107. The van der Waals surface area contributed by atoms with Crippen LogP contribution in [-0.2, 0) is 14.6 Å². The number of benzene rings is 1.